The number of hydrogen-bond acceptors (Lipinski definition) is 1. The number of nitrogens with zero attached hydrogens (tertiary/aromatic N) is 1. The van der Waals surface area contributed by atoms with Crippen LogP contribution in [0.4, 0.5) is 0 Å². The van der Waals surface area contributed by atoms with Crippen LogP contribution in [0.15, 0.2) is 78.9 Å². The van der Waals surface area contributed by atoms with E-state index in [1.807, 2.05) is 0 Å². The first-order valence-corrected chi connectivity index (χ1v) is 14.6. The Morgan fingerprint density at radius 3 is 2.33 bits per heavy atom. The Kier molecular flexibility index (Phi) is 4.30. The van der Waals surface area contributed by atoms with Gasteiger partial charge in [-0.25, -0.2) is 0 Å². The normalized spacial score (nSPS) is 12.6. The second-order valence-corrected chi connectivity index (χ2v) is 14.2. The number of aryl methyl sites for hydroxylation is 2. The van der Waals surface area contributed by atoms with E-state index in [1.54, 1.807) is 0 Å². The van der Waals surface area contributed by atoms with Crippen molar-refractivity contribution < 1.29 is 9.30 Å². The summed E-state index contributed by atoms with van der Waals surface area (Å²) in [5.41, 5.74) is 6.36. The molecule has 4 aromatic carbocycles. The van der Waals surface area contributed by atoms with Crippen molar-refractivity contribution in [2.75, 3.05) is 0 Å². The minimum atomic E-state index is -1.90. The monoisotopic (exact) mass is 446 g/mol. The lowest BCUT2D eigenvalue weighted by molar-refractivity contribution is -0.633. The van der Waals surface area contributed by atoms with Gasteiger partial charge in [-0.3, -0.25) is 0 Å². The van der Waals surface area contributed by atoms with Crippen LogP contribution in [0.1, 0.15) is 11.1 Å². The number of aromatic nitrogens is 1. The van der Waals surface area contributed by atoms with Gasteiger partial charge in [0.1, 0.15) is 20.9 Å². The highest BCUT2D eigenvalue weighted by Crippen LogP contribution is 2.47. The van der Waals surface area contributed by atoms with Gasteiger partial charge in [0.05, 0.1) is 5.56 Å². The zero-order valence-corrected chi connectivity index (χ0v) is 20.9. The molecule has 33 heavy (non-hydrogen) atoms. The fourth-order valence-corrected chi connectivity index (χ4v) is 8.29. The molecule has 5 aromatic rings. The predicted molar refractivity (Wildman–Crippen MR) is 141 cm³/mol. The van der Waals surface area contributed by atoms with Crippen LogP contribution in [0, 0.1) is 13.8 Å². The summed E-state index contributed by atoms with van der Waals surface area (Å²) < 4.78 is 8.95. The molecule has 0 unspecified atom stereocenters. The molecule has 1 aliphatic heterocycles. The highest BCUT2D eigenvalue weighted by Gasteiger charge is 2.34. The third kappa shape index (κ3) is 2.82. The lowest BCUT2D eigenvalue weighted by Crippen LogP contribution is -2.53. The summed E-state index contributed by atoms with van der Waals surface area (Å²) in [6.45, 7) is 9.34. The van der Waals surface area contributed by atoms with E-state index < -0.39 is 8.07 Å². The molecule has 0 saturated heterocycles. The van der Waals surface area contributed by atoms with Crippen molar-refractivity contribution in [2.45, 2.75) is 26.9 Å². The molecule has 1 aromatic heterocycles. The molecule has 0 amide bonds. The van der Waals surface area contributed by atoms with Crippen molar-refractivity contribution >= 4 is 40.1 Å². The molecule has 2 nitrogen and oxygen atoms in total. The summed E-state index contributed by atoms with van der Waals surface area (Å²) in [4.78, 5) is 0. The van der Waals surface area contributed by atoms with Crippen LogP contribution >= 0.6 is 0 Å². The minimum Gasteiger partial charge on any atom is -0.450 e. The smallest absolute Gasteiger partial charge is 0.256 e. The third-order valence-electron chi connectivity index (χ3n) is 7.56. The maximum absolute atomic E-state index is 6.60. The van der Waals surface area contributed by atoms with Crippen LogP contribution in [0.3, 0.4) is 0 Å². The van der Waals surface area contributed by atoms with Gasteiger partial charge in [-0.2, -0.15) is 4.57 Å². The van der Waals surface area contributed by atoms with Crippen molar-refractivity contribution in [1.29, 1.82) is 0 Å². The average molecular weight is 447 g/mol. The fraction of sp³-hybridized carbons (Fsp3) is 0.167. The van der Waals surface area contributed by atoms with E-state index in [1.165, 1.54) is 54.4 Å². The number of pyridine rings is 1. The summed E-state index contributed by atoms with van der Waals surface area (Å²) >= 11 is 0. The van der Waals surface area contributed by atoms with E-state index >= 15 is 0 Å². The number of fused-ring (bicyclic) bond motifs is 3. The van der Waals surface area contributed by atoms with E-state index in [4.69, 9.17) is 4.74 Å². The van der Waals surface area contributed by atoms with Crippen LogP contribution < -0.4 is 19.7 Å². The van der Waals surface area contributed by atoms with Gasteiger partial charge in [-0.15, -0.1) is 0 Å². The van der Waals surface area contributed by atoms with Crippen molar-refractivity contribution in [3.63, 3.8) is 0 Å². The van der Waals surface area contributed by atoms with Crippen molar-refractivity contribution in [3.8, 4) is 22.8 Å². The van der Waals surface area contributed by atoms with Gasteiger partial charge in [0, 0.05) is 22.9 Å². The highest BCUT2D eigenvalue weighted by molar-refractivity contribution is 7.01. The van der Waals surface area contributed by atoms with Gasteiger partial charge < -0.3 is 4.74 Å². The van der Waals surface area contributed by atoms with Crippen molar-refractivity contribution in [3.05, 3.63) is 90.0 Å². The molecular formula is C30H28NOSi+. The Hall–Kier alpha value is -3.43. The lowest BCUT2D eigenvalue weighted by Gasteiger charge is -2.26. The summed E-state index contributed by atoms with van der Waals surface area (Å²) in [6, 6.07) is 28.7. The Labute approximate surface area is 196 Å². The van der Waals surface area contributed by atoms with Gasteiger partial charge in [-0.05, 0) is 41.6 Å². The molecule has 0 radical (unpaired) electrons. The first-order valence-electron chi connectivity index (χ1n) is 11.6. The van der Waals surface area contributed by atoms with Gasteiger partial charge in [-0.1, -0.05) is 78.9 Å². The number of rotatable bonds is 2. The van der Waals surface area contributed by atoms with Crippen LogP contribution in [-0.2, 0) is 7.05 Å². The van der Waals surface area contributed by atoms with Crippen LogP contribution in [0.25, 0.3) is 32.9 Å². The molecule has 0 saturated carbocycles. The Bertz CT molecular complexity index is 1580. The molecule has 3 heteroatoms. The molecule has 0 fully saturated rings. The maximum Gasteiger partial charge on any atom is 0.256 e. The summed E-state index contributed by atoms with van der Waals surface area (Å²) in [5, 5.41) is 6.64. The van der Waals surface area contributed by atoms with Gasteiger partial charge in [0.15, 0.2) is 5.75 Å². The predicted octanol–water partition coefficient (Wildman–Crippen LogP) is 6.03. The maximum atomic E-state index is 6.60. The highest BCUT2D eigenvalue weighted by atomic mass is 28.3. The standard InChI is InChI=1S/C30H28NOSi/c1-19-17-21-11-9-15-25-29(21)28(20(19)2)30-26(32-25)18-23-24(31(30)3)14-10-16-27(23)33(4,5)22-12-7-6-8-13-22/h6-18H,1-5H3/q+1. The summed E-state index contributed by atoms with van der Waals surface area (Å²) in [6.07, 6.45) is 0. The van der Waals surface area contributed by atoms with E-state index in [2.05, 4.69) is 117 Å². The SMILES string of the molecule is Cc1cc2cccc3c2c(c1C)-c1c(cc2c([Si](C)(C)c4ccccc4)cccc2[n+]1C)O3. The molecule has 0 spiro atoms. The van der Waals surface area contributed by atoms with Crippen LogP contribution in [0.2, 0.25) is 13.1 Å². The lowest BCUT2D eigenvalue weighted by atomic mass is 9.90. The second-order valence-electron chi connectivity index (χ2n) is 9.80. The fourth-order valence-electron chi connectivity index (χ4n) is 5.57. The van der Waals surface area contributed by atoms with Gasteiger partial charge >= 0.3 is 0 Å². The largest absolute Gasteiger partial charge is 0.450 e. The number of hydrogen-bond donors (Lipinski definition) is 0. The number of ether oxygens (including phenoxy) is 1. The van der Waals surface area contributed by atoms with E-state index in [0.717, 1.165) is 11.5 Å². The summed E-state index contributed by atoms with van der Waals surface area (Å²) in [7, 11) is 0.290. The molecule has 0 atom stereocenters. The first-order chi connectivity index (χ1) is 15.9. The number of benzene rings is 4. The van der Waals surface area contributed by atoms with E-state index in [9.17, 15) is 0 Å². The molecule has 0 N–H and O–H groups in total. The minimum absolute atomic E-state index is 0.948. The van der Waals surface area contributed by atoms with E-state index in [-0.39, 0.29) is 0 Å². The van der Waals surface area contributed by atoms with Crippen molar-refractivity contribution in [1.82, 2.24) is 0 Å². The zero-order valence-electron chi connectivity index (χ0n) is 19.9. The topological polar surface area (TPSA) is 13.1 Å². The van der Waals surface area contributed by atoms with Gasteiger partial charge in [0.2, 0.25) is 5.52 Å². The Morgan fingerprint density at radius 2 is 1.55 bits per heavy atom. The quantitative estimate of drug-likeness (QED) is 0.234. The molecule has 1 aliphatic rings. The summed E-state index contributed by atoms with van der Waals surface area (Å²) in [5.74, 6) is 1.90. The van der Waals surface area contributed by atoms with Crippen LogP contribution in [0.5, 0.6) is 11.5 Å². The molecule has 0 bridgehead atoms. The molecule has 0 aliphatic carbocycles. The third-order valence-corrected chi connectivity index (χ3v) is 11.1. The molecule has 2 heterocycles. The van der Waals surface area contributed by atoms with Crippen molar-refractivity contribution in [2.24, 2.45) is 7.05 Å². The van der Waals surface area contributed by atoms with Gasteiger partial charge in [0.25, 0.3) is 5.69 Å². The Morgan fingerprint density at radius 1 is 0.788 bits per heavy atom. The zero-order chi connectivity index (χ0) is 22.9. The Balaban J connectivity index is 1.70. The molecule has 6 rings (SSSR count). The average Bonchev–Trinajstić information content (AvgIpc) is 2.82. The van der Waals surface area contributed by atoms with E-state index in [0.29, 0.717) is 0 Å². The second kappa shape index (κ2) is 7.03. The molecule has 162 valence electrons. The van der Waals surface area contributed by atoms with Crippen LogP contribution in [-0.4, -0.2) is 8.07 Å². The first kappa shape index (κ1) is 20.2. The molecular weight excluding hydrogens is 418 g/mol.